The van der Waals surface area contributed by atoms with Crippen LogP contribution in [-0.2, 0) is 28.6 Å². The lowest BCUT2D eigenvalue weighted by Gasteiger charge is -2.59. The first-order chi connectivity index (χ1) is 21.9. The minimum Gasteiger partial charge on any atom is -0.469 e. The molecule has 9 nitrogen and oxygen atoms in total. The Morgan fingerprint density at radius 1 is 1.11 bits per heavy atom. The zero-order valence-corrected chi connectivity index (χ0v) is 26.5. The average molecular weight is 624 g/mol. The lowest BCUT2D eigenvalue weighted by atomic mass is 9.42. The highest BCUT2D eigenvalue weighted by Gasteiger charge is 2.77. The number of carbonyl (C=O) groups is 4. The van der Waals surface area contributed by atoms with Crippen molar-refractivity contribution in [2.75, 3.05) is 13.7 Å². The van der Waals surface area contributed by atoms with Crippen molar-refractivity contribution in [1.82, 2.24) is 5.32 Å². The number of hydrogen-bond acceptors (Lipinski definition) is 8. The van der Waals surface area contributed by atoms with Crippen molar-refractivity contribution in [2.24, 2.45) is 28.1 Å². The van der Waals surface area contributed by atoms with Crippen LogP contribution < -0.4 is 5.32 Å². The topological polar surface area (TPSA) is 121 Å². The van der Waals surface area contributed by atoms with Gasteiger partial charge in [-0.2, -0.15) is 0 Å². The second-order valence-corrected chi connectivity index (χ2v) is 13.8. The zero-order chi connectivity index (χ0) is 32.8. The van der Waals surface area contributed by atoms with Crippen molar-refractivity contribution < 1.29 is 37.8 Å². The van der Waals surface area contributed by atoms with Crippen molar-refractivity contribution in [3.63, 3.8) is 0 Å². The van der Waals surface area contributed by atoms with Crippen molar-refractivity contribution >= 4 is 23.6 Å². The molecule has 1 aromatic heterocycles. The van der Waals surface area contributed by atoms with Gasteiger partial charge in [0.05, 0.1) is 37.9 Å². The number of fused-ring (bicyclic) bond motifs is 4. The molecule has 9 atom stereocenters. The van der Waals surface area contributed by atoms with Crippen molar-refractivity contribution in [3.05, 3.63) is 71.0 Å². The Labute approximate surface area is 267 Å². The molecule has 5 aliphatic rings. The fourth-order valence-electron chi connectivity index (χ4n) is 9.74. The number of esters is 2. The molecule has 1 N–H and O–H groups in total. The van der Waals surface area contributed by atoms with Crippen LogP contribution in [0.25, 0.3) is 11.3 Å². The number of benzene rings is 1. The summed E-state index contributed by atoms with van der Waals surface area (Å²) in [5.74, 6) is 0.895. The molecule has 0 spiro atoms. The molecule has 9 unspecified atom stereocenters. The maximum absolute atomic E-state index is 14.0. The number of allylic oxidation sites excluding steroid dienone is 2. The van der Waals surface area contributed by atoms with E-state index in [-0.39, 0.29) is 42.6 Å². The lowest BCUT2D eigenvalue weighted by molar-refractivity contribution is -0.190. The minimum absolute atomic E-state index is 0.00280. The summed E-state index contributed by atoms with van der Waals surface area (Å²) in [5, 5.41) is 2.67. The van der Waals surface area contributed by atoms with Gasteiger partial charge in [-0.3, -0.25) is 19.2 Å². The number of hydrogen-bond donors (Lipinski definition) is 1. The molecule has 46 heavy (non-hydrogen) atoms. The molecule has 238 valence electrons. The summed E-state index contributed by atoms with van der Waals surface area (Å²) in [6.07, 6.45) is 9.26. The summed E-state index contributed by atoms with van der Waals surface area (Å²) >= 11 is 0. The second kappa shape index (κ2) is 10.3. The van der Waals surface area contributed by atoms with Crippen molar-refractivity contribution in [3.8, 4) is 23.7 Å². The normalized spacial score (nSPS) is 36.9. The predicted octanol–water partition coefficient (Wildman–Crippen LogP) is 4.77. The fraction of sp³-hybridized carbons (Fsp3) is 0.459. The van der Waals surface area contributed by atoms with E-state index in [1.807, 2.05) is 32.0 Å². The number of methoxy groups -OCH3 is 1. The first kappa shape index (κ1) is 30.2. The molecule has 1 amide bonds. The van der Waals surface area contributed by atoms with Crippen LogP contribution in [0.3, 0.4) is 0 Å². The quantitative estimate of drug-likeness (QED) is 0.278. The van der Waals surface area contributed by atoms with Crippen LogP contribution in [-0.4, -0.2) is 55.6 Å². The van der Waals surface area contributed by atoms with Crippen LogP contribution in [0.1, 0.15) is 62.4 Å². The van der Waals surface area contributed by atoms with Crippen LogP contribution in [0, 0.1) is 40.4 Å². The summed E-state index contributed by atoms with van der Waals surface area (Å²) in [4.78, 5) is 52.8. The van der Waals surface area contributed by atoms with Crippen molar-refractivity contribution in [2.45, 2.75) is 64.8 Å². The van der Waals surface area contributed by atoms with Gasteiger partial charge in [-0.05, 0) is 56.0 Å². The highest BCUT2D eigenvalue weighted by Crippen LogP contribution is 2.72. The molecule has 2 aromatic rings. The maximum Gasteiger partial charge on any atom is 0.316 e. The number of carbonyl (C=O) groups excluding carboxylic acids is 4. The molecule has 3 heterocycles. The third kappa shape index (κ3) is 3.86. The van der Waals surface area contributed by atoms with Crippen LogP contribution in [0.2, 0.25) is 0 Å². The predicted molar refractivity (Wildman–Crippen MR) is 166 cm³/mol. The van der Waals surface area contributed by atoms with Crippen molar-refractivity contribution in [1.29, 1.82) is 0 Å². The van der Waals surface area contributed by atoms with Gasteiger partial charge < -0.3 is 23.9 Å². The summed E-state index contributed by atoms with van der Waals surface area (Å²) in [6, 6.07) is 9.13. The Hall–Kier alpha value is -4.42. The summed E-state index contributed by atoms with van der Waals surface area (Å²) in [6.45, 7) is 8.03. The van der Waals surface area contributed by atoms with Gasteiger partial charge in [-0.25, -0.2) is 0 Å². The average Bonchev–Trinajstić information content (AvgIpc) is 3.79. The first-order valence-corrected chi connectivity index (χ1v) is 15.7. The third-order valence-corrected chi connectivity index (χ3v) is 11.8. The highest BCUT2D eigenvalue weighted by molar-refractivity contribution is 6.00. The van der Waals surface area contributed by atoms with Gasteiger partial charge in [0.25, 0.3) is 5.91 Å². The number of nitrogens with one attached hydrogen (secondary N) is 1. The minimum atomic E-state index is -1.07. The molecule has 7 rings (SSSR count). The van der Waals surface area contributed by atoms with E-state index in [0.29, 0.717) is 17.7 Å². The number of ether oxygens (including phenoxy) is 3. The van der Waals surface area contributed by atoms with Gasteiger partial charge in [-0.15, -0.1) is 6.42 Å². The SMILES string of the molecule is C#CCNC(=O)c1ccc(-c2occc2C2CC3OC4C5OC(=O)C6(C)C=CC(=O)C(C)(C56)C(CC(=O)OC)C4(C)C3=C2C)cc1. The van der Waals surface area contributed by atoms with Gasteiger partial charge in [0.1, 0.15) is 18.0 Å². The Kier molecular flexibility index (Phi) is 6.77. The van der Waals surface area contributed by atoms with Gasteiger partial charge in [0.15, 0.2) is 5.78 Å². The summed E-state index contributed by atoms with van der Waals surface area (Å²) < 4.78 is 24.2. The molecule has 0 bridgehead atoms. The Bertz CT molecular complexity index is 1780. The highest BCUT2D eigenvalue weighted by atomic mass is 16.6. The zero-order valence-electron chi connectivity index (χ0n) is 26.5. The first-order valence-electron chi connectivity index (χ1n) is 15.7. The van der Waals surface area contributed by atoms with Gasteiger partial charge in [0.2, 0.25) is 0 Å². The van der Waals surface area contributed by atoms with E-state index < -0.39 is 46.3 Å². The molecule has 1 aromatic carbocycles. The summed E-state index contributed by atoms with van der Waals surface area (Å²) in [5.41, 5.74) is 1.57. The molecule has 2 saturated heterocycles. The molecule has 0 radical (unpaired) electrons. The second-order valence-electron chi connectivity index (χ2n) is 13.8. The molecular formula is C37H37NO8. The lowest BCUT2D eigenvalue weighted by Crippen LogP contribution is -2.66. The van der Waals surface area contributed by atoms with E-state index in [1.165, 1.54) is 13.2 Å². The standard InChI is InChI=1S/C37H37NO8/c1-7-15-38-33(41)21-10-8-20(9-11-21)29-22(13-16-44-29)23-17-24-28(19(23)2)37(5)25(18-27(40)43-6)36(4)26(39)12-14-35(3)31(36)30(32(37)45-24)46-34(35)42/h1,8-14,16,23-25,30-32H,15,17-18H2,2-6H3,(H,38,41). The largest absolute Gasteiger partial charge is 0.469 e. The van der Waals surface area contributed by atoms with E-state index in [2.05, 4.69) is 25.1 Å². The Morgan fingerprint density at radius 2 is 1.85 bits per heavy atom. The van der Waals surface area contributed by atoms with Crippen LogP contribution in [0.5, 0.6) is 0 Å². The fourth-order valence-corrected chi connectivity index (χ4v) is 9.74. The van der Waals surface area contributed by atoms with Gasteiger partial charge in [0, 0.05) is 39.4 Å². The van der Waals surface area contributed by atoms with E-state index in [9.17, 15) is 19.2 Å². The molecular weight excluding hydrogens is 586 g/mol. The monoisotopic (exact) mass is 623 g/mol. The smallest absolute Gasteiger partial charge is 0.316 e. The van der Waals surface area contributed by atoms with E-state index >= 15 is 0 Å². The Balaban J connectivity index is 1.30. The van der Waals surface area contributed by atoms with Crippen LogP contribution in [0.4, 0.5) is 0 Å². The number of amides is 1. The van der Waals surface area contributed by atoms with Crippen LogP contribution >= 0.6 is 0 Å². The van der Waals surface area contributed by atoms with E-state index in [4.69, 9.17) is 25.1 Å². The molecule has 3 aliphatic carbocycles. The molecule has 1 saturated carbocycles. The number of terminal acetylenes is 1. The third-order valence-electron chi connectivity index (χ3n) is 11.8. The van der Waals surface area contributed by atoms with Crippen LogP contribution in [0.15, 0.2) is 64.3 Å². The molecule has 2 aliphatic heterocycles. The number of ketones is 1. The van der Waals surface area contributed by atoms with Gasteiger partial charge in [-0.1, -0.05) is 43.5 Å². The maximum atomic E-state index is 14.0. The summed E-state index contributed by atoms with van der Waals surface area (Å²) in [7, 11) is 1.35. The number of furan rings is 1. The number of rotatable bonds is 6. The van der Waals surface area contributed by atoms with E-state index in [1.54, 1.807) is 24.5 Å². The van der Waals surface area contributed by atoms with E-state index in [0.717, 1.165) is 22.3 Å². The molecule has 3 fully saturated rings. The molecule has 9 heteroatoms. The Morgan fingerprint density at radius 3 is 2.54 bits per heavy atom. The van der Waals surface area contributed by atoms with Gasteiger partial charge >= 0.3 is 11.9 Å².